The Labute approximate surface area is 139 Å². The van der Waals surface area contributed by atoms with Gasteiger partial charge in [0, 0.05) is 0 Å². The van der Waals surface area contributed by atoms with Crippen molar-refractivity contribution in [2.24, 2.45) is 0 Å². The molecule has 0 saturated carbocycles. The maximum Gasteiger partial charge on any atom is 0.337 e. The molecule has 6 heteroatoms. The van der Waals surface area contributed by atoms with E-state index < -0.39 is 5.97 Å². The molecule has 0 atom stereocenters. The lowest BCUT2D eigenvalue weighted by atomic mass is 10.2. The first-order valence-electron chi connectivity index (χ1n) is 6.91. The van der Waals surface area contributed by atoms with Gasteiger partial charge in [0.1, 0.15) is 30.5 Å². The van der Waals surface area contributed by atoms with Crippen LogP contribution in [0.4, 0.5) is 0 Å². The number of carbonyl (C=O) groups is 1. The van der Waals surface area contributed by atoms with Gasteiger partial charge < -0.3 is 18.9 Å². The molecule has 0 aliphatic heterocycles. The van der Waals surface area contributed by atoms with Crippen molar-refractivity contribution in [3.8, 4) is 17.2 Å². The SMILES string of the molecule is COC(=O)c1ccc(OCCOc2ccc(OC)cc2)c(Cl)c1. The molecule has 23 heavy (non-hydrogen) atoms. The van der Waals surface area contributed by atoms with Gasteiger partial charge in [0.15, 0.2) is 0 Å². The first-order chi connectivity index (χ1) is 11.1. The van der Waals surface area contributed by atoms with E-state index in [2.05, 4.69) is 4.74 Å². The van der Waals surface area contributed by atoms with Crippen LogP contribution >= 0.6 is 11.6 Å². The number of benzene rings is 2. The minimum absolute atomic E-state index is 0.323. The molecule has 2 aromatic rings. The summed E-state index contributed by atoms with van der Waals surface area (Å²) < 4.78 is 20.8. The largest absolute Gasteiger partial charge is 0.497 e. The summed E-state index contributed by atoms with van der Waals surface area (Å²) in [6.45, 7) is 0.685. The molecule has 0 bridgehead atoms. The molecule has 0 aromatic heterocycles. The van der Waals surface area contributed by atoms with Crippen molar-refractivity contribution < 1.29 is 23.7 Å². The van der Waals surface area contributed by atoms with Crippen LogP contribution in [0.1, 0.15) is 10.4 Å². The first kappa shape index (κ1) is 17.0. The number of halogens is 1. The zero-order chi connectivity index (χ0) is 16.7. The molecule has 0 saturated heterocycles. The molecular weight excluding hydrogens is 320 g/mol. The Hall–Kier alpha value is -2.40. The fourth-order valence-corrected chi connectivity index (χ4v) is 2.08. The summed E-state index contributed by atoms with van der Waals surface area (Å²) in [5, 5.41) is 0.345. The maximum atomic E-state index is 11.4. The highest BCUT2D eigenvalue weighted by Gasteiger charge is 2.09. The van der Waals surface area contributed by atoms with Crippen LogP contribution in [0.3, 0.4) is 0 Å². The van der Waals surface area contributed by atoms with Crippen molar-refractivity contribution >= 4 is 17.6 Å². The molecular formula is C17H17ClO5. The summed E-state index contributed by atoms with van der Waals surface area (Å²) in [5.41, 5.74) is 0.374. The zero-order valence-corrected chi connectivity index (χ0v) is 13.6. The Kier molecular flexibility index (Phi) is 6.11. The van der Waals surface area contributed by atoms with Crippen LogP contribution in [0.5, 0.6) is 17.2 Å². The Morgan fingerprint density at radius 2 is 1.61 bits per heavy atom. The minimum Gasteiger partial charge on any atom is -0.497 e. The molecule has 0 radical (unpaired) electrons. The van der Waals surface area contributed by atoms with Gasteiger partial charge in [0.25, 0.3) is 0 Å². The van der Waals surface area contributed by atoms with Crippen LogP contribution in [0.25, 0.3) is 0 Å². The highest BCUT2D eigenvalue weighted by Crippen LogP contribution is 2.25. The average Bonchev–Trinajstić information content (AvgIpc) is 2.59. The number of hydrogen-bond donors (Lipinski definition) is 0. The minimum atomic E-state index is -0.443. The molecule has 2 rings (SSSR count). The van der Waals surface area contributed by atoms with Crippen molar-refractivity contribution in [2.45, 2.75) is 0 Å². The van der Waals surface area contributed by atoms with Crippen molar-refractivity contribution in [1.82, 2.24) is 0 Å². The Balaban J connectivity index is 1.82. The van der Waals surface area contributed by atoms with Crippen molar-refractivity contribution in [3.05, 3.63) is 53.1 Å². The predicted molar refractivity (Wildman–Crippen MR) is 86.8 cm³/mol. The third kappa shape index (κ3) is 4.79. The molecule has 0 aliphatic carbocycles. The van der Waals surface area contributed by atoms with Gasteiger partial charge in [0.05, 0.1) is 24.8 Å². The molecule has 0 aliphatic rings. The summed E-state index contributed by atoms with van der Waals surface area (Å²) in [7, 11) is 2.93. The van der Waals surface area contributed by atoms with Gasteiger partial charge in [-0.1, -0.05) is 11.6 Å². The summed E-state index contributed by atoms with van der Waals surface area (Å²) in [4.78, 5) is 11.4. The number of esters is 1. The summed E-state index contributed by atoms with van der Waals surface area (Å²) in [6, 6.07) is 12.0. The lowest BCUT2D eigenvalue weighted by molar-refractivity contribution is 0.0600. The summed E-state index contributed by atoms with van der Waals surface area (Å²) >= 11 is 6.07. The van der Waals surface area contributed by atoms with Crippen LogP contribution in [0, 0.1) is 0 Å². The zero-order valence-electron chi connectivity index (χ0n) is 12.9. The van der Waals surface area contributed by atoms with Crippen LogP contribution in [0.15, 0.2) is 42.5 Å². The fourth-order valence-electron chi connectivity index (χ4n) is 1.85. The molecule has 5 nitrogen and oxygen atoms in total. The fraction of sp³-hybridized carbons (Fsp3) is 0.235. The molecule has 0 heterocycles. The number of ether oxygens (including phenoxy) is 4. The van der Waals surface area contributed by atoms with E-state index in [4.69, 9.17) is 25.8 Å². The molecule has 0 amide bonds. The predicted octanol–water partition coefficient (Wildman–Crippen LogP) is 3.59. The highest BCUT2D eigenvalue weighted by atomic mass is 35.5. The molecule has 0 unspecified atom stereocenters. The smallest absolute Gasteiger partial charge is 0.337 e. The number of rotatable bonds is 7. The van der Waals surface area contributed by atoms with Crippen LogP contribution in [0.2, 0.25) is 5.02 Å². The van der Waals surface area contributed by atoms with Gasteiger partial charge >= 0.3 is 5.97 Å². The molecule has 0 fully saturated rings. The number of carbonyl (C=O) groups excluding carboxylic acids is 1. The second-order valence-electron chi connectivity index (χ2n) is 4.51. The molecule has 122 valence electrons. The Bertz CT molecular complexity index is 655. The molecule has 0 N–H and O–H groups in total. The Morgan fingerprint density at radius 1 is 0.957 bits per heavy atom. The highest BCUT2D eigenvalue weighted by molar-refractivity contribution is 6.32. The third-order valence-electron chi connectivity index (χ3n) is 3.02. The number of hydrogen-bond acceptors (Lipinski definition) is 5. The van der Waals surface area contributed by atoms with E-state index in [0.717, 1.165) is 11.5 Å². The van der Waals surface area contributed by atoms with Crippen LogP contribution in [-0.4, -0.2) is 33.4 Å². The first-order valence-corrected chi connectivity index (χ1v) is 7.29. The maximum absolute atomic E-state index is 11.4. The topological polar surface area (TPSA) is 54.0 Å². The van der Waals surface area contributed by atoms with Gasteiger partial charge in [-0.25, -0.2) is 4.79 Å². The van der Waals surface area contributed by atoms with Gasteiger partial charge in [-0.05, 0) is 42.5 Å². The van der Waals surface area contributed by atoms with Gasteiger partial charge in [-0.2, -0.15) is 0 Å². The van der Waals surface area contributed by atoms with E-state index >= 15 is 0 Å². The van der Waals surface area contributed by atoms with Crippen LogP contribution < -0.4 is 14.2 Å². The Morgan fingerprint density at radius 3 is 2.22 bits per heavy atom. The van der Waals surface area contributed by atoms with E-state index in [0.29, 0.717) is 29.5 Å². The lowest BCUT2D eigenvalue weighted by Gasteiger charge is -2.10. The monoisotopic (exact) mass is 336 g/mol. The van der Waals surface area contributed by atoms with E-state index in [1.54, 1.807) is 19.2 Å². The van der Waals surface area contributed by atoms with Crippen molar-refractivity contribution in [3.63, 3.8) is 0 Å². The third-order valence-corrected chi connectivity index (χ3v) is 3.32. The van der Waals surface area contributed by atoms with E-state index in [-0.39, 0.29) is 0 Å². The van der Waals surface area contributed by atoms with Crippen molar-refractivity contribution in [1.29, 1.82) is 0 Å². The van der Waals surface area contributed by atoms with Crippen molar-refractivity contribution in [2.75, 3.05) is 27.4 Å². The van der Waals surface area contributed by atoms with Gasteiger partial charge in [-0.15, -0.1) is 0 Å². The molecule has 0 spiro atoms. The summed E-state index contributed by atoms with van der Waals surface area (Å²) in [5.74, 6) is 1.53. The summed E-state index contributed by atoms with van der Waals surface area (Å²) in [6.07, 6.45) is 0. The number of methoxy groups -OCH3 is 2. The van der Waals surface area contributed by atoms with E-state index in [9.17, 15) is 4.79 Å². The molecule has 2 aromatic carbocycles. The van der Waals surface area contributed by atoms with E-state index in [1.165, 1.54) is 13.2 Å². The quantitative estimate of drug-likeness (QED) is 0.571. The second kappa shape index (κ2) is 8.29. The lowest BCUT2D eigenvalue weighted by Crippen LogP contribution is -2.09. The standard InChI is InChI=1S/C17H17ClO5/c1-20-13-4-6-14(7-5-13)22-9-10-23-16-8-3-12(11-15(16)18)17(19)21-2/h3-8,11H,9-10H2,1-2H3. The second-order valence-corrected chi connectivity index (χ2v) is 4.92. The normalized spacial score (nSPS) is 10.0. The average molecular weight is 337 g/mol. The van der Waals surface area contributed by atoms with Gasteiger partial charge in [0.2, 0.25) is 0 Å². The van der Waals surface area contributed by atoms with Gasteiger partial charge in [-0.3, -0.25) is 0 Å². The van der Waals surface area contributed by atoms with E-state index in [1.807, 2.05) is 24.3 Å². The van der Waals surface area contributed by atoms with Crippen LogP contribution in [-0.2, 0) is 4.74 Å².